The van der Waals surface area contributed by atoms with Crippen LogP contribution < -0.4 is 10.6 Å². The molecule has 0 saturated carbocycles. The lowest BCUT2D eigenvalue weighted by molar-refractivity contribution is -0.385. The molecule has 1 unspecified atom stereocenters. The van der Waals surface area contributed by atoms with Crippen LogP contribution in [0.2, 0.25) is 0 Å². The molecule has 19 heavy (non-hydrogen) atoms. The topological polar surface area (TPSA) is 105 Å². The molecule has 2 rings (SSSR count). The number of nitriles is 1. The van der Waals surface area contributed by atoms with E-state index < -0.39 is 4.92 Å². The number of rotatable bonds is 3. The maximum Gasteiger partial charge on any atom is 0.287 e. The number of hydrogen-bond donors (Lipinski definition) is 1. The Morgan fingerprint density at radius 3 is 3.05 bits per heavy atom. The van der Waals surface area contributed by atoms with Crippen LogP contribution in [-0.2, 0) is 4.74 Å². The van der Waals surface area contributed by atoms with E-state index in [1.807, 2.05) is 11.0 Å². The maximum atomic E-state index is 10.8. The summed E-state index contributed by atoms with van der Waals surface area (Å²) in [6.45, 7) is 2.29. The van der Waals surface area contributed by atoms with E-state index in [0.29, 0.717) is 26.2 Å². The Balaban J connectivity index is 2.26. The van der Waals surface area contributed by atoms with Crippen LogP contribution in [0.3, 0.4) is 0 Å². The predicted octanol–water partition coefficient (Wildman–Crippen LogP) is 0.630. The summed E-state index contributed by atoms with van der Waals surface area (Å²) >= 11 is 0. The highest BCUT2D eigenvalue weighted by molar-refractivity contribution is 5.60. The Kier molecular flexibility index (Phi) is 3.94. The molecule has 1 fully saturated rings. The molecule has 1 heterocycles. The molecule has 0 amide bonds. The highest BCUT2D eigenvalue weighted by atomic mass is 16.6. The van der Waals surface area contributed by atoms with Crippen LogP contribution in [0.15, 0.2) is 18.2 Å². The van der Waals surface area contributed by atoms with Gasteiger partial charge in [0.25, 0.3) is 5.69 Å². The van der Waals surface area contributed by atoms with E-state index in [9.17, 15) is 10.1 Å². The molecule has 7 nitrogen and oxygen atoms in total. The van der Waals surface area contributed by atoms with Gasteiger partial charge in [-0.1, -0.05) is 0 Å². The van der Waals surface area contributed by atoms with Gasteiger partial charge in [-0.05, 0) is 12.1 Å². The maximum absolute atomic E-state index is 10.8. The molecule has 0 aliphatic carbocycles. The molecule has 7 heteroatoms. The van der Waals surface area contributed by atoms with Gasteiger partial charge in [0.2, 0.25) is 0 Å². The zero-order valence-corrected chi connectivity index (χ0v) is 10.3. The van der Waals surface area contributed by atoms with E-state index in [0.717, 1.165) is 5.69 Å². The van der Waals surface area contributed by atoms with Crippen molar-refractivity contribution in [3.8, 4) is 6.07 Å². The molecule has 1 aromatic rings. The van der Waals surface area contributed by atoms with Gasteiger partial charge < -0.3 is 15.4 Å². The fourth-order valence-electron chi connectivity index (χ4n) is 2.07. The van der Waals surface area contributed by atoms with Gasteiger partial charge in [-0.15, -0.1) is 0 Å². The van der Waals surface area contributed by atoms with Crippen molar-refractivity contribution < 1.29 is 9.66 Å². The molecule has 0 radical (unpaired) electrons. The minimum Gasteiger partial charge on any atom is -0.373 e. The van der Waals surface area contributed by atoms with Crippen molar-refractivity contribution in [2.24, 2.45) is 5.73 Å². The van der Waals surface area contributed by atoms with Crippen molar-refractivity contribution in [3.63, 3.8) is 0 Å². The number of nitrogens with zero attached hydrogens (tertiary/aromatic N) is 3. The number of ether oxygens (including phenoxy) is 1. The van der Waals surface area contributed by atoms with E-state index in [4.69, 9.17) is 15.7 Å². The third-order valence-electron chi connectivity index (χ3n) is 3.06. The van der Waals surface area contributed by atoms with E-state index in [1.165, 1.54) is 12.1 Å². The first kappa shape index (κ1) is 13.3. The lowest BCUT2D eigenvalue weighted by Gasteiger charge is -2.34. The molecule has 0 spiro atoms. The normalized spacial score (nSPS) is 18.9. The Morgan fingerprint density at radius 2 is 2.42 bits per heavy atom. The quantitative estimate of drug-likeness (QED) is 0.632. The van der Waals surface area contributed by atoms with Crippen LogP contribution >= 0.6 is 0 Å². The number of nitro groups is 1. The van der Waals surface area contributed by atoms with Crippen molar-refractivity contribution in [3.05, 3.63) is 33.9 Å². The predicted molar refractivity (Wildman–Crippen MR) is 68.8 cm³/mol. The number of nitro benzene ring substituents is 1. The molecular formula is C12H14N4O3. The number of hydrogen-bond acceptors (Lipinski definition) is 6. The smallest absolute Gasteiger partial charge is 0.287 e. The molecule has 1 atom stereocenters. The Hall–Kier alpha value is -2.17. The third-order valence-corrected chi connectivity index (χ3v) is 3.06. The minimum absolute atomic E-state index is 0.0468. The Bertz CT molecular complexity index is 526. The van der Waals surface area contributed by atoms with Gasteiger partial charge in [-0.25, -0.2) is 0 Å². The van der Waals surface area contributed by atoms with E-state index in [2.05, 4.69) is 0 Å². The van der Waals surface area contributed by atoms with Gasteiger partial charge in [0.1, 0.15) is 11.6 Å². The van der Waals surface area contributed by atoms with Crippen molar-refractivity contribution in [2.45, 2.75) is 6.10 Å². The van der Waals surface area contributed by atoms with Gasteiger partial charge >= 0.3 is 0 Å². The zero-order valence-electron chi connectivity index (χ0n) is 10.3. The minimum atomic E-state index is -0.551. The highest BCUT2D eigenvalue weighted by Crippen LogP contribution is 2.25. The average molecular weight is 262 g/mol. The first-order valence-electron chi connectivity index (χ1n) is 5.91. The Labute approximate surface area is 110 Å². The van der Waals surface area contributed by atoms with Crippen molar-refractivity contribution in [1.82, 2.24) is 0 Å². The number of nitrogens with two attached hydrogens (primary N) is 1. The summed E-state index contributed by atoms with van der Waals surface area (Å²) in [4.78, 5) is 12.2. The second-order valence-electron chi connectivity index (χ2n) is 4.24. The van der Waals surface area contributed by atoms with Crippen molar-refractivity contribution in [1.29, 1.82) is 5.26 Å². The molecule has 1 aliphatic rings. The summed E-state index contributed by atoms with van der Waals surface area (Å²) in [5.74, 6) is 0. The summed E-state index contributed by atoms with van der Waals surface area (Å²) in [6, 6.07) is 6.41. The first-order chi connectivity index (χ1) is 9.15. The third kappa shape index (κ3) is 2.81. The van der Waals surface area contributed by atoms with E-state index in [1.54, 1.807) is 6.07 Å². The lowest BCUT2D eigenvalue weighted by Crippen LogP contribution is -2.45. The summed E-state index contributed by atoms with van der Waals surface area (Å²) in [6.07, 6.45) is -0.0468. The van der Waals surface area contributed by atoms with E-state index in [-0.39, 0.29) is 17.4 Å². The summed E-state index contributed by atoms with van der Waals surface area (Å²) in [5.41, 5.74) is 6.25. The summed E-state index contributed by atoms with van der Waals surface area (Å²) < 4.78 is 5.46. The van der Waals surface area contributed by atoms with Gasteiger partial charge in [0, 0.05) is 31.4 Å². The number of morpholine rings is 1. The van der Waals surface area contributed by atoms with Crippen LogP contribution in [0.25, 0.3) is 0 Å². The lowest BCUT2D eigenvalue weighted by atomic mass is 10.1. The standard InChI is InChI=1S/C12H14N4O3/c13-6-9-5-10(1-2-12(9)16(17)18)15-3-4-19-11(7-14)8-15/h1-2,5,11H,3-4,7-8,14H2. The van der Waals surface area contributed by atoms with Crippen molar-refractivity contribution >= 4 is 11.4 Å². The van der Waals surface area contributed by atoms with Gasteiger partial charge in [-0.2, -0.15) is 5.26 Å². The molecule has 2 N–H and O–H groups in total. The van der Waals surface area contributed by atoms with Gasteiger partial charge in [0.05, 0.1) is 17.6 Å². The summed E-state index contributed by atoms with van der Waals surface area (Å²) in [7, 11) is 0. The molecule has 1 saturated heterocycles. The fourth-order valence-corrected chi connectivity index (χ4v) is 2.07. The highest BCUT2D eigenvalue weighted by Gasteiger charge is 2.21. The van der Waals surface area contributed by atoms with Gasteiger partial charge in [-0.3, -0.25) is 10.1 Å². The molecular weight excluding hydrogens is 248 g/mol. The first-order valence-corrected chi connectivity index (χ1v) is 5.91. The monoisotopic (exact) mass is 262 g/mol. The van der Waals surface area contributed by atoms with Crippen LogP contribution in [0, 0.1) is 21.4 Å². The number of benzene rings is 1. The SMILES string of the molecule is N#Cc1cc(N2CCOC(CN)C2)ccc1[N+](=O)[O-]. The second kappa shape index (κ2) is 5.65. The van der Waals surface area contributed by atoms with E-state index >= 15 is 0 Å². The second-order valence-corrected chi connectivity index (χ2v) is 4.24. The Morgan fingerprint density at radius 1 is 1.63 bits per heavy atom. The molecule has 1 aliphatic heterocycles. The van der Waals surface area contributed by atoms with Crippen LogP contribution in [-0.4, -0.2) is 37.3 Å². The molecule has 0 bridgehead atoms. The van der Waals surface area contributed by atoms with Crippen LogP contribution in [0.1, 0.15) is 5.56 Å². The number of anilines is 1. The molecule has 1 aromatic carbocycles. The van der Waals surface area contributed by atoms with Crippen LogP contribution in [0.5, 0.6) is 0 Å². The summed E-state index contributed by atoms with van der Waals surface area (Å²) in [5, 5.41) is 19.7. The molecule has 0 aromatic heterocycles. The fraction of sp³-hybridized carbons (Fsp3) is 0.417. The average Bonchev–Trinajstić information content (AvgIpc) is 2.46. The zero-order chi connectivity index (χ0) is 13.8. The van der Waals surface area contributed by atoms with Crippen molar-refractivity contribution in [2.75, 3.05) is 31.1 Å². The van der Waals surface area contributed by atoms with Crippen LogP contribution in [0.4, 0.5) is 11.4 Å². The van der Waals surface area contributed by atoms with Gasteiger partial charge in [0.15, 0.2) is 0 Å². The largest absolute Gasteiger partial charge is 0.373 e. The molecule has 100 valence electrons.